The van der Waals surface area contributed by atoms with Gasteiger partial charge in [0.25, 0.3) is 0 Å². The van der Waals surface area contributed by atoms with Crippen molar-refractivity contribution in [1.82, 2.24) is 5.32 Å². The summed E-state index contributed by atoms with van der Waals surface area (Å²) in [6.07, 6.45) is 1.54. The van der Waals surface area contributed by atoms with Crippen LogP contribution in [-0.4, -0.2) is 25.7 Å². The van der Waals surface area contributed by atoms with E-state index in [1.165, 1.54) is 0 Å². The van der Waals surface area contributed by atoms with Crippen LogP contribution in [0.1, 0.15) is 25.3 Å². The van der Waals surface area contributed by atoms with Gasteiger partial charge in [-0.3, -0.25) is 4.79 Å². The lowest BCUT2D eigenvalue weighted by Crippen LogP contribution is -2.46. The van der Waals surface area contributed by atoms with Gasteiger partial charge in [0.1, 0.15) is 0 Å². The molecule has 0 atom stereocenters. The first-order valence-corrected chi connectivity index (χ1v) is 6.71. The van der Waals surface area contributed by atoms with Crippen LogP contribution in [-0.2, 0) is 14.9 Å². The molecule has 1 heterocycles. The highest BCUT2D eigenvalue weighted by Crippen LogP contribution is 2.35. The van der Waals surface area contributed by atoms with Gasteiger partial charge in [0.05, 0.1) is 12.0 Å². The quantitative estimate of drug-likeness (QED) is 0.856. The third-order valence-electron chi connectivity index (χ3n) is 3.52. The average molecular weight is 268 g/mol. The SMILES string of the molecule is CCOC(=O)C1(c2ccc(Cl)cc2)CCNCC1. The molecule has 0 radical (unpaired) electrons. The lowest BCUT2D eigenvalue weighted by atomic mass is 9.73. The van der Waals surface area contributed by atoms with Gasteiger partial charge in [0, 0.05) is 5.02 Å². The minimum Gasteiger partial charge on any atom is -0.465 e. The molecule has 1 aromatic carbocycles. The second kappa shape index (κ2) is 5.72. The van der Waals surface area contributed by atoms with Crippen molar-refractivity contribution >= 4 is 17.6 Å². The van der Waals surface area contributed by atoms with Gasteiger partial charge in [-0.15, -0.1) is 0 Å². The molecule has 0 aliphatic carbocycles. The number of hydrogen-bond donors (Lipinski definition) is 1. The predicted octanol–water partition coefficient (Wildman–Crippen LogP) is 2.52. The molecule has 0 spiro atoms. The molecular formula is C14H18ClNO2. The van der Waals surface area contributed by atoms with E-state index >= 15 is 0 Å². The Bertz CT molecular complexity index is 410. The number of rotatable bonds is 3. The molecule has 1 aromatic rings. The molecule has 3 nitrogen and oxygen atoms in total. The number of esters is 1. The fourth-order valence-electron chi connectivity index (χ4n) is 2.50. The Morgan fingerprint density at radius 1 is 1.33 bits per heavy atom. The molecule has 4 heteroatoms. The minimum absolute atomic E-state index is 0.117. The molecule has 2 rings (SSSR count). The molecule has 0 amide bonds. The van der Waals surface area contributed by atoms with E-state index in [0.29, 0.717) is 11.6 Å². The van der Waals surface area contributed by atoms with E-state index in [2.05, 4.69) is 5.32 Å². The van der Waals surface area contributed by atoms with Crippen molar-refractivity contribution < 1.29 is 9.53 Å². The summed E-state index contributed by atoms with van der Waals surface area (Å²) < 4.78 is 5.27. The monoisotopic (exact) mass is 267 g/mol. The number of benzene rings is 1. The number of hydrogen-bond acceptors (Lipinski definition) is 3. The summed E-state index contributed by atoms with van der Waals surface area (Å²) in [4.78, 5) is 12.3. The highest BCUT2D eigenvalue weighted by atomic mass is 35.5. The van der Waals surface area contributed by atoms with Gasteiger partial charge in [-0.25, -0.2) is 0 Å². The summed E-state index contributed by atoms with van der Waals surface area (Å²) in [6, 6.07) is 7.54. The van der Waals surface area contributed by atoms with Crippen LogP contribution in [0.2, 0.25) is 5.02 Å². The van der Waals surface area contributed by atoms with Gasteiger partial charge in [0.15, 0.2) is 0 Å². The third-order valence-corrected chi connectivity index (χ3v) is 3.77. The molecule has 1 fully saturated rings. The van der Waals surface area contributed by atoms with Crippen LogP contribution in [0, 0.1) is 0 Å². The summed E-state index contributed by atoms with van der Waals surface area (Å²) in [5, 5.41) is 3.97. The first kappa shape index (κ1) is 13.4. The first-order chi connectivity index (χ1) is 8.69. The fourth-order valence-corrected chi connectivity index (χ4v) is 2.63. The fraction of sp³-hybridized carbons (Fsp3) is 0.500. The molecule has 1 saturated heterocycles. The zero-order valence-corrected chi connectivity index (χ0v) is 11.3. The second-order valence-corrected chi connectivity index (χ2v) is 5.00. The van der Waals surface area contributed by atoms with Crippen molar-refractivity contribution in [3.05, 3.63) is 34.9 Å². The van der Waals surface area contributed by atoms with Gasteiger partial charge in [0.2, 0.25) is 0 Å². The Balaban J connectivity index is 2.34. The highest BCUT2D eigenvalue weighted by molar-refractivity contribution is 6.30. The molecule has 1 aliphatic heterocycles. The number of ether oxygens (including phenoxy) is 1. The Kier molecular flexibility index (Phi) is 4.25. The lowest BCUT2D eigenvalue weighted by Gasteiger charge is -2.35. The van der Waals surface area contributed by atoms with Gasteiger partial charge >= 0.3 is 5.97 Å². The number of piperidine rings is 1. The maximum absolute atomic E-state index is 12.3. The Labute approximate surface area is 112 Å². The standard InChI is InChI=1S/C14H18ClNO2/c1-2-18-13(17)14(7-9-16-10-8-14)11-3-5-12(15)6-4-11/h3-6,16H,2,7-10H2,1H3. The molecule has 0 unspecified atom stereocenters. The van der Waals surface area contributed by atoms with Crippen molar-refractivity contribution in [3.63, 3.8) is 0 Å². The summed E-state index contributed by atoms with van der Waals surface area (Å²) in [5.74, 6) is -0.117. The zero-order chi connectivity index (χ0) is 13.0. The van der Waals surface area contributed by atoms with Crippen LogP contribution < -0.4 is 5.32 Å². The Morgan fingerprint density at radius 2 is 1.94 bits per heavy atom. The molecular weight excluding hydrogens is 250 g/mol. The highest BCUT2D eigenvalue weighted by Gasteiger charge is 2.42. The second-order valence-electron chi connectivity index (χ2n) is 4.56. The van der Waals surface area contributed by atoms with Crippen molar-refractivity contribution in [1.29, 1.82) is 0 Å². The minimum atomic E-state index is -0.508. The van der Waals surface area contributed by atoms with Gasteiger partial charge in [-0.2, -0.15) is 0 Å². The number of halogens is 1. The number of carbonyl (C=O) groups is 1. The molecule has 18 heavy (non-hydrogen) atoms. The van der Waals surface area contributed by atoms with Crippen LogP contribution in [0.3, 0.4) is 0 Å². The molecule has 0 saturated carbocycles. The number of carbonyl (C=O) groups excluding carboxylic acids is 1. The largest absolute Gasteiger partial charge is 0.465 e. The first-order valence-electron chi connectivity index (χ1n) is 6.33. The van der Waals surface area contributed by atoms with E-state index < -0.39 is 5.41 Å². The average Bonchev–Trinajstić information content (AvgIpc) is 2.40. The van der Waals surface area contributed by atoms with E-state index in [1.54, 1.807) is 0 Å². The van der Waals surface area contributed by atoms with Crippen molar-refractivity contribution in [2.45, 2.75) is 25.2 Å². The predicted molar refractivity (Wildman–Crippen MR) is 71.9 cm³/mol. The molecule has 1 aliphatic rings. The van der Waals surface area contributed by atoms with Crippen molar-refractivity contribution in [3.8, 4) is 0 Å². The van der Waals surface area contributed by atoms with E-state index in [0.717, 1.165) is 31.5 Å². The van der Waals surface area contributed by atoms with Crippen LogP contribution in [0.15, 0.2) is 24.3 Å². The summed E-state index contributed by atoms with van der Waals surface area (Å²) in [6.45, 7) is 3.93. The lowest BCUT2D eigenvalue weighted by molar-refractivity contribution is -0.151. The number of nitrogens with one attached hydrogen (secondary N) is 1. The normalized spacial score (nSPS) is 18.3. The summed E-state index contributed by atoms with van der Waals surface area (Å²) >= 11 is 5.91. The van der Waals surface area contributed by atoms with Crippen LogP contribution in [0.5, 0.6) is 0 Å². The summed E-state index contributed by atoms with van der Waals surface area (Å²) in [5.41, 5.74) is 0.498. The molecule has 0 aromatic heterocycles. The van der Waals surface area contributed by atoms with Crippen LogP contribution >= 0.6 is 11.6 Å². The van der Waals surface area contributed by atoms with Crippen molar-refractivity contribution in [2.24, 2.45) is 0 Å². The van der Waals surface area contributed by atoms with Crippen molar-refractivity contribution in [2.75, 3.05) is 19.7 Å². The topological polar surface area (TPSA) is 38.3 Å². The van der Waals surface area contributed by atoms with E-state index in [4.69, 9.17) is 16.3 Å². The van der Waals surface area contributed by atoms with Gasteiger partial charge < -0.3 is 10.1 Å². The van der Waals surface area contributed by atoms with Gasteiger partial charge in [-0.05, 0) is 50.6 Å². The summed E-state index contributed by atoms with van der Waals surface area (Å²) in [7, 11) is 0. The zero-order valence-electron chi connectivity index (χ0n) is 10.5. The molecule has 98 valence electrons. The van der Waals surface area contributed by atoms with E-state index in [9.17, 15) is 4.79 Å². The molecule has 0 bridgehead atoms. The van der Waals surface area contributed by atoms with Crippen LogP contribution in [0.25, 0.3) is 0 Å². The van der Waals surface area contributed by atoms with Crippen LogP contribution in [0.4, 0.5) is 0 Å². The maximum Gasteiger partial charge on any atom is 0.316 e. The van der Waals surface area contributed by atoms with E-state index in [1.807, 2.05) is 31.2 Å². The smallest absolute Gasteiger partial charge is 0.316 e. The molecule has 1 N–H and O–H groups in total. The Morgan fingerprint density at radius 3 is 2.50 bits per heavy atom. The third kappa shape index (κ3) is 2.52. The van der Waals surface area contributed by atoms with Gasteiger partial charge in [-0.1, -0.05) is 23.7 Å². The Hall–Kier alpha value is -1.06. The maximum atomic E-state index is 12.3. The van der Waals surface area contributed by atoms with E-state index in [-0.39, 0.29) is 5.97 Å².